The standard InChI is InChI=1S/C21H29N3O3S.HI/c1-4-18(16-28(25,26)20-8-6-5-7-9-20)24-21(22-2)23-15-14-17-10-12-19(27-3)13-11-17;/h5-13,18H,4,14-16H2,1-3H3,(H2,22,23,24);1H. The molecule has 8 heteroatoms. The maximum absolute atomic E-state index is 12.6. The fourth-order valence-corrected chi connectivity index (χ4v) is 4.37. The Kier molecular flexibility index (Phi) is 11.0. The van der Waals surface area contributed by atoms with Crippen LogP contribution >= 0.6 is 24.0 Å². The van der Waals surface area contributed by atoms with Gasteiger partial charge in [0.05, 0.1) is 17.8 Å². The highest BCUT2D eigenvalue weighted by molar-refractivity contribution is 14.0. The molecule has 0 aliphatic carbocycles. The SMILES string of the molecule is CCC(CS(=O)(=O)c1ccccc1)NC(=NC)NCCc1ccc(OC)cc1.I. The molecule has 29 heavy (non-hydrogen) atoms. The van der Waals surface area contributed by atoms with Gasteiger partial charge in [0.15, 0.2) is 15.8 Å². The van der Waals surface area contributed by atoms with Crippen molar-refractivity contribution < 1.29 is 13.2 Å². The Morgan fingerprint density at radius 1 is 1.10 bits per heavy atom. The predicted octanol–water partition coefficient (Wildman–Crippen LogP) is 3.27. The molecule has 0 fully saturated rings. The molecule has 0 amide bonds. The third-order valence-corrected chi connectivity index (χ3v) is 6.28. The van der Waals surface area contributed by atoms with Gasteiger partial charge in [0, 0.05) is 19.6 Å². The first-order chi connectivity index (χ1) is 13.5. The summed E-state index contributed by atoms with van der Waals surface area (Å²) >= 11 is 0. The van der Waals surface area contributed by atoms with Crippen molar-refractivity contribution in [1.29, 1.82) is 0 Å². The van der Waals surface area contributed by atoms with E-state index in [0.717, 1.165) is 12.2 Å². The highest BCUT2D eigenvalue weighted by Crippen LogP contribution is 2.13. The van der Waals surface area contributed by atoms with Crippen molar-refractivity contribution in [3.8, 4) is 5.75 Å². The molecule has 2 aromatic carbocycles. The molecule has 1 atom stereocenters. The topological polar surface area (TPSA) is 79.8 Å². The zero-order chi connectivity index (χ0) is 20.4. The van der Waals surface area contributed by atoms with Gasteiger partial charge in [-0.3, -0.25) is 4.99 Å². The number of sulfone groups is 1. The summed E-state index contributed by atoms with van der Waals surface area (Å²) in [6, 6.07) is 16.2. The lowest BCUT2D eigenvalue weighted by molar-refractivity contribution is 0.414. The van der Waals surface area contributed by atoms with Crippen molar-refractivity contribution >= 4 is 39.8 Å². The smallest absolute Gasteiger partial charge is 0.191 e. The molecule has 0 saturated heterocycles. The van der Waals surface area contributed by atoms with Gasteiger partial charge in [0.1, 0.15) is 5.75 Å². The van der Waals surface area contributed by atoms with Gasteiger partial charge in [-0.05, 0) is 42.7 Å². The first kappa shape index (κ1) is 25.2. The molecule has 2 N–H and O–H groups in total. The van der Waals surface area contributed by atoms with Crippen LogP contribution in [0, 0.1) is 0 Å². The van der Waals surface area contributed by atoms with Gasteiger partial charge in [0.2, 0.25) is 0 Å². The van der Waals surface area contributed by atoms with E-state index in [1.807, 2.05) is 37.3 Å². The van der Waals surface area contributed by atoms with E-state index < -0.39 is 9.84 Å². The van der Waals surface area contributed by atoms with E-state index in [4.69, 9.17) is 4.74 Å². The molecular weight excluding hydrogens is 501 g/mol. The van der Waals surface area contributed by atoms with Crippen LogP contribution in [-0.2, 0) is 16.3 Å². The minimum absolute atomic E-state index is 0. The lowest BCUT2D eigenvalue weighted by Gasteiger charge is -2.20. The van der Waals surface area contributed by atoms with Crippen molar-refractivity contribution in [2.24, 2.45) is 4.99 Å². The molecule has 6 nitrogen and oxygen atoms in total. The van der Waals surface area contributed by atoms with Gasteiger partial charge in [-0.25, -0.2) is 8.42 Å². The number of hydrogen-bond donors (Lipinski definition) is 2. The van der Waals surface area contributed by atoms with Crippen molar-refractivity contribution in [2.45, 2.75) is 30.7 Å². The highest BCUT2D eigenvalue weighted by Gasteiger charge is 2.20. The summed E-state index contributed by atoms with van der Waals surface area (Å²) in [5.74, 6) is 1.45. The Labute approximate surface area is 191 Å². The molecular formula is C21H30IN3O3S. The van der Waals surface area contributed by atoms with Crippen LogP contribution < -0.4 is 15.4 Å². The van der Waals surface area contributed by atoms with Gasteiger partial charge in [-0.1, -0.05) is 37.3 Å². The Balaban J connectivity index is 0.00000420. The van der Waals surface area contributed by atoms with Crippen molar-refractivity contribution in [2.75, 3.05) is 26.5 Å². The van der Waals surface area contributed by atoms with Crippen LogP contribution in [0.3, 0.4) is 0 Å². The molecule has 0 bridgehead atoms. The predicted molar refractivity (Wildman–Crippen MR) is 129 cm³/mol. The summed E-state index contributed by atoms with van der Waals surface area (Å²) in [6.45, 7) is 2.65. The molecule has 2 aromatic rings. The second-order valence-corrected chi connectivity index (χ2v) is 8.48. The maximum Gasteiger partial charge on any atom is 0.191 e. The summed E-state index contributed by atoms with van der Waals surface area (Å²) < 4.78 is 30.4. The first-order valence-electron chi connectivity index (χ1n) is 9.36. The Hall–Kier alpha value is -1.81. The summed E-state index contributed by atoms with van der Waals surface area (Å²) in [4.78, 5) is 4.56. The number of nitrogens with zero attached hydrogens (tertiary/aromatic N) is 1. The molecule has 0 heterocycles. The van der Waals surface area contributed by atoms with Crippen molar-refractivity contribution in [3.63, 3.8) is 0 Å². The summed E-state index contributed by atoms with van der Waals surface area (Å²) in [5, 5.41) is 6.47. The van der Waals surface area contributed by atoms with E-state index in [9.17, 15) is 8.42 Å². The van der Waals surface area contributed by atoms with Gasteiger partial charge >= 0.3 is 0 Å². The average Bonchev–Trinajstić information content (AvgIpc) is 2.73. The summed E-state index contributed by atoms with van der Waals surface area (Å²) in [5.41, 5.74) is 1.18. The Morgan fingerprint density at radius 3 is 2.31 bits per heavy atom. The number of methoxy groups -OCH3 is 1. The van der Waals surface area contributed by atoms with Crippen LogP contribution in [-0.4, -0.2) is 46.9 Å². The number of halogens is 1. The number of ether oxygens (including phenoxy) is 1. The molecule has 0 saturated carbocycles. The maximum atomic E-state index is 12.6. The second-order valence-electron chi connectivity index (χ2n) is 6.44. The Bertz CT molecular complexity index is 856. The molecule has 1 unspecified atom stereocenters. The van der Waals surface area contributed by atoms with Crippen LogP contribution in [0.2, 0.25) is 0 Å². The fraction of sp³-hybridized carbons (Fsp3) is 0.381. The largest absolute Gasteiger partial charge is 0.497 e. The fourth-order valence-electron chi connectivity index (χ4n) is 2.76. The minimum atomic E-state index is -3.35. The summed E-state index contributed by atoms with van der Waals surface area (Å²) in [7, 11) is -0.0238. The van der Waals surface area contributed by atoms with Gasteiger partial charge in [-0.15, -0.1) is 24.0 Å². The third-order valence-electron chi connectivity index (χ3n) is 4.45. The van der Waals surface area contributed by atoms with E-state index in [-0.39, 0.29) is 35.8 Å². The van der Waals surface area contributed by atoms with Crippen LogP contribution in [0.25, 0.3) is 0 Å². The van der Waals surface area contributed by atoms with Crippen molar-refractivity contribution in [1.82, 2.24) is 10.6 Å². The van der Waals surface area contributed by atoms with E-state index in [2.05, 4.69) is 15.6 Å². The molecule has 2 rings (SSSR count). The number of guanidine groups is 1. The lowest BCUT2D eigenvalue weighted by Crippen LogP contribution is -2.46. The number of nitrogens with one attached hydrogen (secondary N) is 2. The number of rotatable bonds is 9. The van der Waals surface area contributed by atoms with E-state index in [0.29, 0.717) is 23.8 Å². The zero-order valence-electron chi connectivity index (χ0n) is 17.1. The molecule has 0 aromatic heterocycles. The monoisotopic (exact) mass is 531 g/mol. The lowest BCUT2D eigenvalue weighted by atomic mass is 10.1. The second kappa shape index (κ2) is 12.7. The number of aliphatic imine (C=N–C) groups is 1. The number of hydrogen-bond acceptors (Lipinski definition) is 4. The zero-order valence-corrected chi connectivity index (χ0v) is 20.2. The van der Waals surface area contributed by atoms with Crippen molar-refractivity contribution in [3.05, 3.63) is 60.2 Å². The van der Waals surface area contributed by atoms with Crippen LogP contribution in [0.1, 0.15) is 18.9 Å². The molecule has 0 spiro atoms. The number of benzene rings is 2. The third kappa shape index (κ3) is 8.22. The molecule has 160 valence electrons. The highest BCUT2D eigenvalue weighted by atomic mass is 127. The van der Waals surface area contributed by atoms with E-state index in [1.165, 1.54) is 5.56 Å². The Morgan fingerprint density at radius 2 is 1.76 bits per heavy atom. The van der Waals surface area contributed by atoms with Crippen LogP contribution in [0.4, 0.5) is 0 Å². The van der Waals surface area contributed by atoms with E-state index >= 15 is 0 Å². The quantitative estimate of drug-likeness (QED) is 0.295. The molecule has 0 radical (unpaired) electrons. The normalized spacial score (nSPS) is 12.6. The summed E-state index contributed by atoms with van der Waals surface area (Å²) in [6.07, 6.45) is 1.50. The van der Waals surface area contributed by atoms with Gasteiger partial charge < -0.3 is 15.4 Å². The minimum Gasteiger partial charge on any atom is -0.497 e. The molecule has 0 aliphatic rings. The molecule has 0 aliphatic heterocycles. The first-order valence-corrected chi connectivity index (χ1v) is 11.0. The van der Waals surface area contributed by atoms with Gasteiger partial charge in [0.25, 0.3) is 0 Å². The van der Waals surface area contributed by atoms with Crippen LogP contribution in [0.5, 0.6) is 5.75 Å². The van der Waals surface area contributed by atoms with Crippen LogP contribution in [0.15, 0.2) is 64.5 Å². The average molecular weight is 531 g/mol. The van der Waals surface area contributed by atoms with E-state index in [1.54, 1.807) is 38.4 Å². The van der Waals surface area contributed by atoms with Gasteiger partial charge in [-0.2, -0.15) is 0 Å².